The van der Waals surface area contributed by atoms with Gasteiger partial charge in [0.2, 0.25) is 0 Å². The van der Waals surface area contributed by atoms with Crippen molar-refractivity contribution in [2.24, 2.45) is 0 Å². The summed E-state index contributed by atoms with van der Waals surface area (Å²) in [5, 5.41) is 1.19. The van der Waals surface area contributed by atoms with E-state index < -0.39 is 0 Å². The summed E-state index contributed by atoms with van der Waals surface area (Å²) < 4.78 is 2.31. The first-order valence-corrected chi connectivity index (χ1v) is 19.6. The van der Waals surface area contributed by atoms with E-state index >= 15 is 0 Å². The number of carbonyl (C=O) groups is 1. The fraction of sp³-hybridized carbons (Fsp3) is 0.0926. The van der Waals surface area contributed by atoms with Gasteiger partial charge in [0.05, 0.1) is 11.2 Å². The zero-order valence-electron chi connectivity index (χ0n) is 32.8. The van der Waals surface area contributed by atoms with Crippen molar-refractivity contribution in [1.29, 1.82) is 0 Å². The lowest BCUT2D eigenvalue weighted by Crippen LogP contribution is -2.16. The van der Waals surface area contributed by atoms with Gasteiger partial charge in [0.1, 0.15) is 6.29 Å². The third-order valence-electron chi connectivity index (χ3n) is 11.6. The lowest BCUT2D eigenvalue weighted by Gasteiger charge is -2.28. The van der Waals surface area contributed by atoms with Gasteiger partial charge in [-0.3, -0.25) is 4.79 Å². The van der Waals surface area contributed by atoms with Gasteiger partial charge in [-0.2, -0.15) is 0 Å². The molecule has 276 valence electrons. The van der Waals surface area contributed by atoms with Gasteiger partial charge in [-0.25, -0.2) is 0 Å². The van der Waals surface area contributed by atoms with Crippen molar-refractivity contribution in [2.45, 2.75) is 33.1 Å². The monoisotopic (exact) mass is 736 g/mol. The molecule has 9 rings (SSSR count). The van der Waals surface area contributed by atoms with E-state index in [1.165, 1.54) is 38.8 Å². The van der Waals surface area contributed by atoms with Gasteiger partial charge in [0.25, 0.3) is 0 Å². The topological polar surface area (TPSA) is 25.2 Å². The minimum absolute atomic E-state index is 0.219. The lowest BCUT2D eigenvalue weighted by atomic mass is 9.82. The number of nitrogens with zero attached hydrogens (tertiary/aromatic N) is 2. The third kappa shape index (κ3) is 6.13. The van der Waals surface area contributed by atoms with E-state index in [2.05, 4.69) is 201 Å². The van der Waals surface area contributed by atoms with Gasteiger partial charge < -0.3 is 9.47 Å². The minimum Gasteiger partial charge on any atom is -0.310 e. The van der Waals surface area contributed by atoms with Crippen LogP contribution in [0.5, 0.6) is 0 Å². The van der Waals surface area contributed by atoms with Crippen LogP contribution in [0.2, 0.25) is 0 Å². The van der Waals surface area contributed by atoms with Crippen LogP contribution in [0.1, 0.15) is 59.1 Å². The van der Waals surface area contributed by atoms with Crippen LogP contribution in [0.25, 0.3) is 62.1 Å². The quantitative estimate of drug-likeness (QED) is 0.138. The summed E-state index contributed by atoms with van der Waals surface area (Å²) >= 11 is 0. The van der Waals surface area contributed by atoms with Crippen LogP contribution in [0.4, 0.5) is 17.1 Å². The highest BCUT2D eigenvalue weighted by atomic mass is 16.1. The van der Waals surface area contributed by atoms with Gasteiger partial charge in [-0.1, -0.05) is 129 Å². The molecule has 1 aromatic heterocycles. The average Bonchev–Trinajstić information content (AvgIpc) is 3.68. The van der Waals surface area contributed by atoms with Gasteiger partial charge in [-0.15, -0.1) is 0 Å². The number of hydrogen-bond acceptors (Lipinski definition) is 2. The van der Waals surface area contributed by atoms with Crippen molar-refractivity contribution >= 4 is 46.4 Å². The molecule has 3 heteroatoms. The van der Waals surface area contributed by atoms with Crippen LogP contribution in [-0.4, -0.2) is 10.9 Å². The zero-order chi connectivity index (χ0) is 39.3. The fourth-order valence-corrected chi connectivity index (χ4v) is 8.68. The van der Waals surface area contributed by atoms with E-state index in [4.69, 9.17) is 0 Å². The van der Waals surface area contributed by atoms with Crippen molar-refractivity contribution in [3.05, 3.63) is 204 Å². The molecule has 0 saturated heterocycles. The van der Waals surface area contributed by atoms with Crippen LogP contribution in [-0.2, 0) is 5.41 Å². The van der Waals surface area contributed by atoms with Gasteiger partial charge >= 0.3 is 0 Å². The standard InChI is InChI=1S/C54H44N2O/c1-6-11-47-49-33-41(21-31-53(49)56(52(47)7-2)44-22-14-36(3)15-23-44)40-19-26-43(27-20-40)55(42-24-17-39(18-25-42)38-12-9-8-10-13-38)45-28-29-46-48-32-37(35-57)16-30-50(48)54(4,5)51(46)34-45/h6-35H,2H2,1,3-5H3/b11-6-. The summed E-state index contributed by atoms with van der Waals surface area (Å²) in [5.74, 6) is 0. The molecule has 0 fully saturated rings. The Balaban J connectivity index is 1.14. The van der Waals surface area contributed by atoms with Gasteiger partial charge in [0.15, 0.2) is 0 Å². The van der Waals surface area contributed by atoms with Crippen molar-refractivity contribution < 1.29 is 4.79 Å². The minimum atomic E-state index is -0.219. The number of fused-ring (bicyclic) bond motifs is 4. The molecule has 0 amide bonds. The molecule has 57 heavy (non-hydrogen) atoms. The van der Waals surface area contributed by atoms with Crippen LogP contribution in [0.3, 0.4) is 0 Å². The lowest BCUT2D eigenvalue weighted by molar-refractivity contribution is 0.112. The number of anilines is 3. The number of rotatable bonds is 9. The summed E-state index contributed by atoms with van der Waals surface area (Å²) in [5.41, 5.74) is 18.9. The number of aldehydes is 1. The number of benzene rings is 7. The molecule has 8 aromatic rings. The van der Waals surface area contributed by atoms with Crippen LogP contribution in [0.15, 0.2) is 170 Å². The summed E-state index contributed by atoms with van der Waals surface area (Å²) in [6.07, 6.45) is 7.19. The molecule has 0 unspecified atom stereocenters. The number of allylic oxidation sites excluding steroid dienone is 1. The van der Waals surface area contributed by atoms with Crippen LogP contribution >= 0.6 is 0 Å². The van der Waals surface area contributed by atoms with Gasteiger partial charge in [0, 0.05) is 44.7 Å². The number of aromatic nitrogens is 1. The van der Waals surface area contributed by atoms with Crippen molar-refractivity contribution in [3.63, 3.8) is 0 Å². The highest BCUT2D eigenvalue weighted by Gasteiger charge is 2.36. The van der Waals surface area contributed by atoms with Crippen LogP contribution < -0.4 is 4.90 Å². The maximum absolute atomic E-state index is 11.7. The summed E-state index contributed by atoms with van der Waals surface area (Å²) in [7, 11) is 0. The molecule has 0 saturated carbocycles. The third-order valence-corrected chi connectivity index (χ3v) is 11.6. The largest absolute Gasteiger partial charge is 0.310 e. The Kier molecular flexibility index (Phi) is 8.94. The normalized spacial score (nSPS) is 12.8. The molecule has 0 aliphatic heterocycles. The highest BCUT2D eigenvalue weighted by molar-refractivity contribution is 5.98. The summed E-state index contributed by atoms with van der Waals surface area (Å²) in [6.45, 7) is 13.0. The van der Waals surface area contributed by atoms with E-state index in [0.29, 0.717) is 5.56 Å². The molecule has 0 bridgehead atoms. The van der Waals surface area contributed by atoms with Crippen molar-refractivity contribution in [1.82, 2.24) is 4.57 Å². The molecule has 1 aliphatic rings. The number of hydrogen-bond donors (Lipinski definition) is 0. The maximum Gasteiger partial charge on any atom is 0.150 e. The van der Waals surface area contributed by atoms with Crippen molar-refractivity contribution in [3.8, 4) is 39.1 Å². The first-order chi connectivity index (χ1) is 27.8. The molecule has 1 heterocycles. The number of carbonyl (C=O) groups excluding carboxylic acids is 1. The number of aryl methyl sites for hydroxylation is 1. The average molecular weight is 737 g/mol. The Labute approximate surface area is 335 Å². The predicted octanol–water partition coefficient (Wildman–Crippen LogP) is 14.5. The summed E-state index contributed by atoms with van der Waals surface area (Å²) in [4.78, 5) is 14.1. The molecule has 0 N–H and O–H groups in total. The van der Waals surface area contributed by atoms with Gasteiger partial charge in [-0.05, 0) is 131 Å². The Morgan fingerprint density at radius 2 is 1.25 bits per heavy atom. The molecular formula is C54H44N2O. The molecule has 0 spiro atoms. The second-order valence-electron chi connectivity index (χ2n) is 15.5. The van der Waals surface area contributed by atoms with Crippen molar-refractivity contribution in [2.75, 3.05) is 4.90 Å². The van der Waals surface area contributed by atoms with E-state index in [9.17, 15) is 4.79 Å². The Bertz CT molecular complexity index is 2840. The maximum atomic E-state index is 11.7. The van der Waals surface area contributed by atoms with E-state index in [-0.39, 0.29) is 5.41 Å². The second-order valence-corrected chi connectivity index (χ2v) is 15.5. The predicted molar refractivity (Wildman–Crippen MR) is 241 cm³/mol. The first-order valence-electron chi connectivity index (χ1n) is 19.6. The summed E-state index contributed by atoms with van der Waals surface area (Å²) in [6, 6.07) is 56.6. The molecule has 3 nitrogen and oxygen atoms in total. The van der Waals surface area contributed by atoms with E-state index in [1.54, 1.807) is 0 Å². The smallest absolute Gasteiger partial charge is 0.150 e. The zero-order valence-corrected chi connectivity index (χ0v) is 32.8. The Morgan fingerprint density at radius 3 is 1.89 bits per heavy atom. The highest BCUT2D eigenvalue weighted by Crippen LogP contribution is 2.51. The fourth-order valence-electron chi connectivity index (χ4n) is 8.68. The Hall–Kier alpha value is -6.97. The molecule has 0 radical (unpaired) electrons. The molecule has 1 aliphatic carbocycles. The molecule has 7 aromatic carbocycles. The van der Waals surface area contributed by atoms with Crippen LogP contribution in [0, 0.1) is 6.92 Å². The van der Waals surface area contributed by atoms with E-state index in [1.807, 2.05) is 18.2 Å². The molecule has 0 atom stereocenters. The first kappa shape index (κ1) is 35.7. The molecular weight excluding hydrogens is 693 g/mol. The Morgan fingerprint density at radius 1 is 0.614 bits per heavy atom. The van der Waals surface area contributed by atoms with E-state index in [0.717, 1.165) is 62.5 Å². The second kappa shape index (κ2) is 14.3. The SMILES string of the molecule is C=Cc1c(/C=C\C)c2cc(-c3ccc(N(c4ccc(-c5ccccc5)cc4)c4ccc5c(c4)C(C)(C)c4ccc(C=O)cc4-5)cc3)ccc2n1-c1ccc(C)cc1.